The second kappa shape index (κ2) is 8.13. The van der Waals surface area contributed by atoms with Crippen LogP contribution in [-0.4, -0.2) is 42.6 Å². The summed E-state index contributed by atoms with van der Waals surface area (Å²) >= 11 is 0. The molecule has 0 aliphatic carbocycles. The van der Waals surface area contributed by atoms with Gasteiger partial charge >= 0.3 is 0 Å². The van der Waals surface area contributed by atoms with Gasteiger partial charge in [-0.15, -0.1) is 12.4 Å². The van der Waals surface area contributed by atoms with Gasteiger partial charge in [-0.05, 0) is 6.42 Å². The van der Waals surface area contributed by atoms with Crippen LogP contribution in [0.15, 0.2) is 40.9 Å². The maximum absolute atomic E-state index is 12.0. The summed E-state index contributed by atoms with van der Waals surface area (Å²) in [5, 5.41) is 7.23. The highest BCUT2D eigenvalue weighted by atomic mass is 35.5. The maximum atomic E-state index is 12.0. The first-order valence-corrected chi connectivity index (χ1v) is 7.71. The van der Waals surface area contributed by atoms with Crippen molar-refractivity contribution in [3.05, 3.63) is 42.2 Å². The SMILES string of the molecule is CN(CCCc1cc(-c2ccccc2)no1)C(=O)C1CNC1.Cl. The molecule has 0 bridgehead atoms. The molecule has 1 aliphatic rings. The fraction of sp³-hybridized carbons (Fsp3) is 0.412. The molecule has 1 aromatic carbocycles. The molecule has 3 rings (SSSR count). The van der Waals surface area contributed by atoms with E-state index >= 15 is 0 Å². The Labute approximate surface area is 142 Å². The van der Waals surface area contributed by atoms with Crippen LogP contribution in [0.3, 0.4) is 0 Å². The Morgan fingerprint density at radius 2 is 2.09 bits per heavy atom. The summed E-state index contributed by atoms with van der Waals surface area (Å²) in [6.45, 7) is 2.37. The van der Waals surface area contributed by atoms with E-state index in [0.29, 0.717) is 0 Å². The minimum absolute atomic E-state index is 0. The average molecular weight is 336 g/mol. The van der Waals surface area contributed by atoms with E-state index in [1.54, 1.807) is 0 Å². The lowest BCUT2D eigenvalue weighted by Crippen LogP contribution is -2.51. The zero-order valence-electron chi connectivity index (χ0n) is 13.2. The van der Waals surface area contributed by atoms with Crippen molar-refractivity contribution >= 4 is 18.3 Å². The predicted molar refractivity (Wildman–Crippen MR) is 91.5 cm³/mol. The van der Waals surface area contributed by atoms with E-state index < -0.39 is 0 Å². The first-order chi connectivity index (χ1) is 10.7. The van der Waals surface area contributed by atoms with Crippen molar-refractivity contribution in [2.24, 2.45) is 5.92 Å². The smallest absolute Gasteiger partial charge is 0.227 e. The second-order valence-corrected chi connectivity index (χ2v) is 5.76. The van der Waals surface area contributed by atoms with Crippen molar-refractivity contribution in [3.8, 4) is 11.3 Å². The molecule has 1 aromatic heterocycles. The summed E-state index contributed by atoms with van der Waals surface area (Å²) in [7, 11) is 1.87. The Bertz CT molecular complexity index is 626. The molecule has 1 amide bonds. The van der Waals surface area contributed by atoms with Gasteiger partial charge in [-0.1, -0.05) is 35.5 Å². The van der Waals surface area contributed by atoms with Crippen LogP contribution in [0.2, 0.25) is 0 Å². The molecule has 2 heterocycles. The van der Waals surface area contributed by atoms with Crippen LogP contribution in [0.4, 0.5) is 0 Å². The summed E-state index contributed by atoms with van der Waals surface area (Å²) in [4.78, 5) is 13.8. The van der Waals surface area contributed by atoms with E-state index in [9.17, 15) is 4.79 Å². The molecule has 0 unspecified atom stereocenters. The third kappa shape index (κ3) is 4.33. The van der Waals surface area contributed by atoms with Gasteiger partial charge in [0.1, 0.15) is 11.5 Å². The Morgan fingerprint density at radius 3 is 2.74 bits per heavy atom. The molecule has 124 valence electrons. The van der Waals surface area contributed by atoms with Gasteiger partial charge < -0.3 is 14.7 Å². The predicted octanol–water partition coefficient (Wildman–Crippen LogP) is 2.37. The molecular weight excluding hydrogens is 314 g/mol. The number of nitrogens with one attached hydrogen (secondary N) is 1. The number of nitrogens with zero attached hydrogens (tertiary/aromatic N) is 2. The van der Waals surface area contributed by atoms with Crippen LogP contribution in [-0.2, 0) is 11.2 Å². The van der Waals surface area contributed by atoms with Crippen molar-refractivity contribution in [3.63, 3.8) is 0 Å². The van der Waals surface area contributed by atoms with Gasteiger partial charge in [0.25, 0.3) is 0 Å². The molecule has 5 nitrogen and oxygen atoms in total. The van der Waals surface area contributed by atoms with Crippen LogP contribution in [0, 0.1) is 5.92 Å². The topological polar surface area (TPSA) is 58.4 Å². The van der Waals surface area contributed by atoms with Gasteiger partial charge in [-0.25, -0.2) is 0 Å². The zero-order valence-corrected chi connectivity index (χ0v) is 14.0. The highest BCUT2D eigenvalue weighted by molar-refractivity contribution is 5.85. The molecule has 0 atom stereocenters. The third-order valence-corrected chi connectivity index (χ3v) is 4.05. The van der Waals surface area contributed by atoms with Crippen LogP contribution in [0.1, 0.15) is 12.2 Å². The van der Waals surface area contributed by atoms with Crippen LogP contribution < -0.4 is 5.32 Å². The Hall–Kier alpha value is -1.85. The summed E-state index contributed by atoms with van der Waals surface area (Å²) in [5.74, 6) is 1.27. The normalized spacial score (nSPS) is 14.0. The first kappa shape index (κ1) is 17.5. The first-order valence-electron chi connectivity index (χ1n) is 7.71. The Kier molecular flexibility index (Phi) is 6.19. The quantitative estimate of drug-likeness (QED) is 0.880. The number of benzene rings is 1. The van der Waals surface area contributed by atoms with Crippen LogP contribution in [0.5, 0.6) is 0 Å². The summed E-state index contributed by atoms with van der Waals surface area (Å²) in [6.07, 6.45) is 1.67. The molecule has 6 heteroatoms. The molecule has 1 fully saturated rings. The third-order valence-electron chi connectivity index (χ3n) is 4.05. The van der Waals surface area contributed by atoms with Crippen molar-refractivity contribution in [2.45, 2.75) is 12.8 Å². The van der Waals surface area contributed by atoms with Gasteiger partial charge in [0.05, 0.1) is 5.92 Å². The monoisotopic (exact) mass is 335 g/mol. The highest BCUT2D eigenvalue weighted by Crippen LogP contribution is 2.19. The lowest BCUT2D eigenvalue weighted by atomic mass is 10.0. The van der Waals surface area contributed by atoms with Crippen LogP contribution >= 0.6 is 12.4 Å². The van der Waals surface area contributed by atoms with E-state index in [4.69, 9.17) is 4.52 Å². The maximum Gasteiger partial charge on any atom is 0.227 e. The summed E-state index contributed by atoms with van der Waals surface area (Å²) in [6, 6.07) is 12.0. The van der Waals surface area contributed by atoms with Crippen molar-refractivity contribution in [2.75, 3.05) is 26.7 Å². The van der Waals surface area contributed by atoms with Gasteiger partial charge in [0.15, 0.2) is 0 Å². The van der Waals surface area contributed by atoms with Crippen molar-refractivity contribution in [1.82, 2.24) is 15.4 Å². The Balaban J connectivity index is 0.00000192. The number of hydrogen-bond donors (Lipinski definition) is 1. The van der Waals surface area contributed by atoms with Crippen molar-refractivity contribution < 1.29 is 9.32 Å². The van der Waals surface area contributed by atoms with Gasteiger partial charge in [0.2, 0.25) is 5.91 Å². The number of hydrogen-bond acceptors (Lipinski definition) is 4. The average Bonchev–Trinajstić information content (AvgIpc) is 2.95. The standard InChI is InChI=1S/C17H21N3O2.ClH/c1-20(17(21)14-11-18-12-14)9-5-8-15-10-16(19-22-15)13-6-3-2-4-7-13;/h2-4,6-7,10,14,18H,5,8-9,11-12H2,1H3;1H. The molecule has 2 aromatic rings. The Morgan fingerprint density at radius 1 is 1.35 bits per heavy atom. The van der Waals surface area contributed by atoms with Gasteiger partial charge in [0, 0.05) is 44.7 Å². The minimum Gasteiger partial charge on any atom is -0.361 e. The number of halogens is 1. The van der Waals surface area contributed by atoms with E-state index in [2.05, 4.69) is 10.5 Å². The highest BCUT2D eigenvalue weighted by Gasteiger charge is 2.27. The summed E-state index contributed by atoms with van der Waals surface area (Å²) in [5.41, 5.74) is 1.92. The largest absolute Gasteiger partial charge is 0.361 e. The van der Waals surface area contributed by atoms with Crippen molar-refractivity contribution in [1.29, 1.82) is 0 Å². The lowest BCUT2D eigenvalue weighted by Gasteiger charge is -2.30. The second-order valence-electron chi connectivity index (χ2n) is 5.76. The summed E-state index contributed by atoms with van der Waals surface area (Å²) < 4.78 is 5.38. The van der Waals surface area contributed by atoms with Gasteiger partial charge in [-0.2, -0.15) is 0 Å². The molecule has 23 heavy (non-hydrogen) atoms. The van der Waals surface area contributed by atoms with E-state index in [0.717, 1.165) is 49.5 Å². The lowest BCUT2D eigenvalue weighted by molar-refractivity contribution is -0.135. The molecule has 0 radical (unpaired) electrons. The van der Waals surface area contributed by atoms with E-state index in [-0.39, 0.29) is 24.2 Å². The molecular formula is C17H22ClN3O2. The number of rotatable bonds is 6. The number of aryl methyl sites for hydroxylation is 1. The number of carbonyl (C=O) groups is 1. The fourth-order valence-electron chi connectivity index (χ4n) is 2.55. The van der Waals surface area contributed by atoms with Gasteiger partial charge in [-0.3, -0.25) is 4.79 Å². The zero-order chi connectivity index (χ0) is 15.4. The number of amides is 1. The van der Waals surface area contributed by atoms with E-state index in [1.165, 1.54) is 0 Å². The molecule has 0 saturated carbocycles. The molecule has 1 N–H and O–H groups in total. The number of aromatic nitrogens is 1. The fourth-order valence-corrected chi connectivity index (χ4v) is 2.55. The molecule has 1 saturated heterocycles. The minimum atomic E-state index is 0. The molecule has 0 spiro atoms. The van der Waals surface area contributed by atoms with Crippen LogP contribution in [0.25, 0.3) is 11.3 Å². The van der Waals surface area contributed by atoms with E-state index in [1.807, 2.05) is 48.3 Å². The number of carbonyl (C=O) groups excluding carboxylic acids is 1. The molecule has 1 aliphatic heterocycles.